The Bertz CT molecular complexity index is 1670. The molecular weight excluding hydrogens is 694 g/mol. The van der Waals surface area contributed by atoms with Crippen LogP contribution in [0.5, 0.6) is 0 Å². The first kappa shape index (κ1) is 42.7. The van der Waals surface area contributed by atoms with E-state index in [1.54, 1.807) is 0 Å². The smallest absolute Gasteiger partial charge is 0.451 e. The van der Waals surface area contributed by atoms with Gasteiger partial charge in [-0.05, 0) is 54.5 Å². The molecule has 2 N–H and O–H groups in total. The molecule has 2 aromatic carbocycles. The average Bonchev–Trinajstić information content (AvgIpc) is 3.14. The monoisotopic (exact) mass is 746 g/mol. The second kappa shape index (κ2) is 21.1. The molecule has 0 bridgehead atoms. The number of hydrogen-bond acceptors (Lipinski definition) is 10. The molecule has 4 atom stereocenters. The number of amides is 2. The number of rotatable bonds is 20. The summed E-state index contributed by atoms with van der Waals surface area (Å²) in [6.07, 6.45) is 10.6. The first-order valence-corrected chi connectivity index (χ1v) is 18.6. The van der Waals surface area contributed by atoms with E-state index in [0.29, 0.717) is 25.7 Å². The van der Waals surface area contributed by atoms with E-state index in [0.717, 1.165) is 11.1 Å². The van der Waals surface area contributed by atoms with Gasteiger partial charge < -0.3 is 19.8 Å². The van der Waals surface area contributed by atoms with Crippen molar-refractivity contribution in [3.05, 3.63) is 120 Å². The van der Waals surface area contributed by atoms with E-state index in [-0.39, 0.29) is 66.8 Å². The van der Waals surface area contributed by atoms with E-state index < -0.39 is 38.0 Å². The van der Waals surface area contributed by atoms with E-state index >= 15 is 0 Å². The molecule has 4 aromatic rings. The predicted octanol–water partition coefficient (Wildman–Crippen LogP) is 5.84. The molecule has 2 amide bonds. The van der Waals surface area contributed by atoms with Gasteiger partial charge in [0.1, 0.15) is 11.4 Å². The topological polar surface area (TPSA) is 162 Å². The van der Waals surface area contributed by atoms with Gasteiger partial charge in [0, 0.05) is 43.5 Å². The van der Waals surface area contributed by atoms with E-state index in [9.17, 15) is 19.2 Å². The summed E-state index contributed by atoms with van der Waals surface area (Å²) in [5.41, 5.74) is 2.17. The summed E-state index contributed by atoms with van der Waals surface area (Å²) in [6, 6.07) is 18.3. The van der Waals surface area contributed by atoms with Crippen molar-refractivity contribution in [2.24, 2.45) is 17.8 Å². The quantitative estimate of drug-likeness (QED) is 0.0830. The molecule has 0 radical (unpaired) electrons. The molecule has 12 nitrogen and oxygen atoms in total. The number of benzene rings is 2. The van der Waals surface area contributed by atoms with Gasteiger partial charge in [0.25, 0.3) is 5.91 Å². The summed E-state index contributed by atoms with van der Waals surface area (Å²) in [7, 11) is -1.42. The number of hydrogen-bond donors (Lipinski definition) is 2. The normalized spacial score (nSPS) is 14.6. The molecule has 0 saturated carbocycles. The van der Waals surface area contributed by atoms with Gasteiger partial charge in [0.15, 0.2) is 11.6 Å². The Morgan fingerprint density at radius 1 is 0.673 bits per heavy atom. The average molecular weight is 747 g/mol. The zero-order valence-electron chi connectivity index (χ0n) is 31.3. The number of nitrogens with zero attached hydrogens (tertiary/aromatic N) is 4. The summed E-state index contributed by atoms with van der Waals surface area (Å²) in [5, 5.41) is 6.03. The van der Waals surface area contributed by atoms with Gasteiger partial charge in [0.05, 0.1) is 24.4 Å². The molecule has 55 heavy (non-hydrogen) atoms. The fourth-order valence-electron chi connectivity index (χ4n) is 6.70. The van der Waals surface area contributed by atoms with Gasteiger partial charge in [-0.15, -0.1) is 0 Å². The van der Waals surface area contributed by atoms with Crippen LogP contribution in [0.25, 0.3) is 0 Å². The number of carbonyl (C=O) groups excluding carboxylic acids is 4. The highest BCUT2D eigenvalue weighted by molar-refractivity contribution is 6.75. The molecule has 0 spiro atoms. The van der Waals surface area contributed by atoms with Crippen molar-refractivity contribution in [3.63, 3.8) is 0 Å². The molecule has 1 aliphatic rings. The lowest BCUT2D eigenvalue weighted by Crippen LogP contribution is -2.63. The van der Waals surface area contributed by atoms with Crippen LogP contribution in [0.4, 0.5) is 0 Å². The predicted molar refractivity (Wildman–Crippen MR) is 213 cm³/mol. The van der Waals surface area contributed by atoms with Crippen molar-refractivity contribution in [2.45, 2.75) is 91.4 Å². The molecule has 0 aliphatic carbocycles. The minimum Gasteiger partial charge on any atom is -0.451 e. The maximum atomic E-state index is 14.0. The molecule has 5 rings (SSSR count). The number of Topliss-reactive ketones (excluding diaryl/α,β-unsaturated/α-hetero) is 2. The van der Waals surface area contributed by atoms with Gasteiger partial charge in [-0.25, -0.2) is 9.97 Å². The highest BCUT2D eigenvalue weighted by atomic mass is 16.7. The maximum Gasteiger partial charge on any atom is 0.453 e. The van der Waals surface area contributed by atoms with Crippen molar-refractivity contribution in [2.75, 3.05) is 0 Å². The first-order chi connectivity index (χ1) is 26.0. The largest absolute Gasteiger partial charge is 0.453 e. The van der Waals surface area contributed by atoms with Gasteiger partial charge in [-0.2, -0.15) is 0 Å². The zero-order chi connectivity index (χ0) is 38.5. The van der Waals surface area contributed by atoms with E-state index in [4.69, 9.17) is 9.14 Å². The Morgan fingerprint density at radius 3 is 1.78 bits per heavy atom. The summed E-state index contributed by atoms with van der Waals surface area (Å²) < 4.78 is 12.8. The number of nitrogens with one attached hydrogen (secondary N) is 2. The Labute approximate surface area is 325 Å². The highest BCUT2D eigenvalue weighted by Crippen LogP contribution is 2.34. The highest BCUT2D eigenvalue weighted by Gasteiger charge is 2.51. The third-order valence-electron chi connectivity index (χ3n) is 9.29. The third-order valence-corrected chi connectivity index (χ3v) is 9.29. The van der Waals surface area contributed by atoms with Crippen LogP contribution < -0.4 is 10.6 Å². The molecule has 3 heterocycles. The Morgan fingerprint density at radius 2 is 1.24 bits per heavy atom. The molecule has 1 fully saturated rings. The van der Waals surface area contributed by atoms with E-state index in [1.165, 1.54) is 37.2 Å². The zero-order valence-corrected chi connectivity index (χ0v) is 31.3. The Kier molecular flexibility index (Phi) is 16.4. The van der Waals surface area contributed by atoms with E-state index in [2.05, 4.69) is 58.3 Å². The van der Waals surface area contributed by atoms with Crippen LogP contribution in [0.1, 0.15) is 92.9 Å². The van der Waals surface area contributed by atoms with Crippen LogP contribution in [-0.4, -0.2) is 69.5 Å². The number of carbonyl (C=O) groups is 4. The molecule has 2 aromatic heterocycles. The van der Waals surface area contributed by atoms with Crippen LogP contribution in [-0.2, 0) is 31.6 Å². The molecule has 288 valence electrons. The third kappa shape index (κ3) is 13.0. The lowest BCUT2D eigenvalue weighted by atomic mass is 9.54. The standard InChI is InChI=1S/C40H48B2N6O6.CH4/c1-27(2)19-32(24-37(50)33(22-30-13-9-6-10-14-30)47-40(52)35-26-44-16-18-46-35)41-53-42(54-41)38(20-28(3)4)48-39(51)31(21-29-11-7-5-8-12-29)23-36(49)34-25-43-15-17-45-34;/h5-18,25-28,31-33,38H,19-24H2,1-4H3,(H,47,52)(H,48,51);1H4. The number of ketones is 2. The summed E-state index contributed by atoms with van der Waals surface area (Å²) in [6.45, 7) is 8.25. The van der Waals surface area contributed by atoms with Gasteiger partial charge >= 0.3 is 14.2 Å². The van der Waals surface area contributed by atoms with Crippen LogP contribution in [0.3, 0.4) is 0 Å². The molecule has 1 saturated heterocycles. The fraction of sp³-hybridized carbons (Fsp3) is 0.415. The minimum absolute atomic E-state index is 0. The van der Waals surface area contributed by atoms with Gasteiger partial charge in [-0.3, -0.25) is 29.1 Å². The fourth-order valence-corrected chi connectivity index (χ4v) is 6.70. The SMILES string of the molecule is C.CC(C)CC(CC(=O)C(Cc1ccccc1)NC(=O)c1cnccn1)B1OB(C(CC(C)C)NC(=O)C(CC(=O)c2cnccn2)Cc2ccccc2)O1. The van der Waals surface area contributed by atoms with Crippen molar-refractivity contribution in [3.8, 4) is 0 Å². The summed E-state index contributed by atoms with van der Waals surface area (Å²) in [4.78, 5) is 70.5. The second-order valence-electron chi connectivity index (χ2n) is 14.7. The van der Waals surface area contributed by atoms with Crippen LogP contribution in [0, 0.1) is 17.8 Å². The van der Waals surface area contributed by atoms with Crippen LogP contribution in [0.15, 0.2) is 97.8 Å². The van der Waals surface area contributed by atoms with Crippen molar-refractivity contribution >= 4 is 37.6 Å². The van der Waals surface area contributed by atoms with Crippen LogP contribution in [0.2, 0.25) is 5.82 Å². The lowest BCUT2D eigenvalue weighted by Gasteiger charge is -2.41. The number of aromatic nitrogens is 4. The molecule has 14 heteroatoms. The maximum absolute atomic E-state index is 14.0. The molecular formula is C41H52B2N6O6. The summed E-state index contributed by atoms with van der Waals surface area (Å²) >= 11 is 0. The Hall–Kier alpha value is -5.07. The first-order valence-electron chi connectivity index (χ1n) is 18.6. The van der Waals surface area contributed by atoms with Gasteiger partial charge in [0.2, 0.25) is 5.91 Å². The summed E-state index contributed by atoms with van der Waals surface area (Å²) in [5.74, 6) is -2.22. The minimum atomic E-state index is -0.813. The lowest BCUT2D eigenvalue weighted by molar-refractivity contribution is -0.125. The molecule has 4 unspecified atom stereocenters. The van der Waals surface area contributed by atoms with Crippen molar-refractivity contribution < 1.29 is 28.3 Å². The van der Waals surface area contributed by atoms with Gasteiger partial charge in [-0.1, -0.05) is 95.8 Å². The second-order valence-corrected chi connectivity index (χ2v) is 14.7. The van der Waals surface area contributed by atoms with E-state index in [1.807, 2.05) is 60.7 Å². The Balaban J connectivity index is 0.00000673. The van der Waals surface area contributed by atoms with Crippen LogP contribution >= 0.6 is 0 Å². The molecule has 1 aliphatic heterocycles. The van der Waals surface area contributed by atoms with Crippen molar-refractivity contribution in [1.82, 2.24) is 30.6 Å². The van der Waals surface area contributed by atoms with Crippen molar-refractivity contribution in [1.29, 1.82) is 0 Å².